The zero-order valence-corrected chi connectivity index (χ0v) is 13.6. The molecule has 0 bridgehead atoms. The minimum Gasteiger partial charge on any atom is -0.454 e. The number of amides is 1. The molecule has 0 fully saturated rings. The number of benzene rings is 2. The molecule has 0 saturated heterocycles. The summed E-state index contributed by atoms with van der Waals surface area (Å²) in [5, 5.41) is 0. The first-order valence-corrected chi connectivity index (χ1v) is 8.09. The predicted octanol–water partition coefficient (Wildman–Crippen LogP) is 3.09. The molecule has 0 atom stereocenters. The molecule has 0 aromatic heterocycles. The summed E-state index contributed by atoms with van der Waals surface area (Å²) in [6.07, 6.45) is 5.10. The summed E-state index contributed by atoms with van der Waals surface area (Å²) in [6, 6.07) is 15.6. The Kier molecular flexibility index (Phi) is 5.20. The maximum atomic E-state index is 11.4. The Morgan fingerprint density at radius 3 is 2.67 bits per heavy atom. The molecule has 1 amide bonds. The van der Waals surface area contributed by atoms with Crippen LogP contribution in [0.25, 0.3) is 6.08 Å². The SMILES string of the molecule is NNC(=O)C=CC(=Cc1ccc2c(c1)OCO2)Sc1ccccc1. The molecule has 2 aromatic carbocycles. The first kappa shape index (κ1) is 16.2. The number of nitrogens with two attached hydrogens (primary N) is 1. The number of ether oxygens (including phenoxy) is 2. The van der Waals surface area contributed by atoms with Crippen molar-refractivity contribution in [3.8, 4) is 11.5 Å². The van der Waals surface area contributed by atoms with Crippen molar-refractivity contribution in [2.45, 2.75) is 4.90 Å². The lowest BCUT2D eigenvalue weighted by Crippen LogP contribution is -2.27. The van der Waals surface area contributed by atoms with Gasteiger partial charge in [0, 0.05) is 15.9 Å². The van der Waals surface area contributed by atoms with E-state index in [-0.39, 0.29) is 12.7 Å². The Morgan fingerprint density at radius 1 is 1.08 bits per heavy atom. The minimum atomic E-state index is -0.361. The lowest BCUT2D eigenvalue weighted by Gasteiger charge is -2.04. The summed E-state index contributed by atoms with van der Waals surface area (Å²) in [6.45, 7) is 0.241. The van der Waals surface area contributed by atoms with E-state index >= 15 is 0 Å². The molecule has 2 aromatic rings. The van der Waals surface area contributed by atoms with E-state index in [0.717, 1.165) is 26.9 Å². The Labute approximate surface area is 144 Å². The summed E-state index contributed by atoms with van der Waals surface area (Å²) in [7, 11) is 0. The van der Waals surface area contributed by atoms with Crippen LogP contribution in [-0.2, 0) is 4.79 Å². The van der Waals surface area contributed by atoms with Crippen LogP contribution in [0.3, 0.4) is 0 Å². The lowest BCUT2D eigenvalue weighted by atomic mass is 10.2. The van der Waals surface area contributed by atoms with Gasteiger partial charge in [0.2, 0.25) is 6.79 Å². The van der Waals surface area contributed by atoms with Crippen molar-refractivity contribution < 1.29 is 14.3 Å². The predicted molar refractivity (Wildman–Crippen MR) is 94.3 cm³/mol. The van der Waals surface area contributed by atoms with Crippen LogP contribution in [0, 0.1) is 0 Å². The molecule has 1 aliphatic rings. The highest BCUT2D eigenvalue weighted by molar-refractivity contribution is 8.03. The molecule has 0 radical (unpaired) electrons. The van der Waals surface area contributed by atoms with Crippen LogP contribution in [0.2, 0.25) is 0 Å². The van der Waals surface area contributed by atoms with Crippen LogP contribution in [0.5, 0.6) is 11.5 Å². The lowest BCUT2D eigenvalue weighted by molar-refractivity contribution is -0.116. The van der Waals surface area contributed by atoms with Crippen molar-refractivity contribution in [1.82, 2.24) is 5.43 Å². The van der Waals surface area contributed by atoms with Gasteiger partial charge in [-0.3, -0.25) is 10.2 Å². The van der Waals surface area contributed by atoms with Gasteiger partial charge in [0.15, 0.2) is 11.5 Å². The highest BCUT2D eigenvalue weighted by Crippen LogP contribution is 2.35. The van der Waals surface area contributed by atoms with Crippen LogP contribution < -0.4 is 20.7 Å². The van der Waals surface area contributed by atoms with Gasteiger partial charge in [-0.25, -0.2) is 5.84 Å². The number of fused-ring (bicyclic) bond motifs is 1. The fraction of sp³-hybridized carbons (Fsp3) is 0.0556. The van der Waals surface area contributed by atoms with Crippen LogP contribution in [0.1, 0.15) is 5.56 Å². The smallest absolute Gasteiger partial charge is 0.257 e. The maximum absolute atomic E-state index is 11.4. The van der Waals surface area contributed by atoms with Gasteiger partial charge in [-0.2, -0.15) is 0 Å². The third-order valence-electron chi connectivity index (χ3n) is 3.23. The summed E-state index contributed by atoms with van der Waals surface area (Å²) < 4.78 is 10.7. The van der Waals surface area contributed by atoms with Gasteiger partial charge in [0.25, 0.3) is 5.91 Å². The third-order valence-corrected chi connectivity index (χ3v) is 4.22. The van der Waals surface area contributed by atoms with E-state index in [1.54, 1.807) is 17.8 Å². The zero-order chi connectivity index (χ0) is 16.8. The zero-order valence-electron chi connectivity index (χ0n) is 12.8. The molecule has 0 spiro atoms. The number of carbonyl (C=O) groups excluding carboxylic acids is 1. The Balaban J connectivity index is 1.88. The molecule has 24 heavy (non-hydrogen) atoms. The van der Waals surface area contributed by atoms with Crippen LogP contribution >= 0.6 is 11.8 Å². The van der Waals surface area contributed by atoms with Crippen LogP contribution in [0.15, 0.2) is 70.5 Å². The van der Waals surface area contributed by atoms with Crippen molar-refractivity contribution in [3.05, 3.63) is 71.2 Å². The number of hydrazine groups is 1. The molecule has 3 rings (SSSR count). The quantitative estimate of drug-likeness (QED) is 0.218. The Hall–Kier alpha value is -2.70. The molecular weight excluding hydrogens is 324 g/mol. The van der Waals surface area contributed by atoms with Gasteiger partial charge < -0.3 is 9.47 Å². The van der Waals surface area contributed by atoms with E-state index in [1.807, 2.05) is 54.6 Å². The monoisotopic (exact) mass is 340 g/mol. The molecule has 1 aliphatic heterocycles. The van der Waals surface area contributed by atoms with Gasteiger partial charge in [0.05, 0.1) is 0 Å². The van der Waals surface area contributed by atoms with Crippen LogP contribution in [0.4, 0.5) is 0 Å². The molecule has 1 heterocycles. The van der Waals surface area contributed by atoms with Gasteiger partial charge in [-0.1, -0.05) is 36.0 Å². The molecular formula is C18H16N2O3S. The number of hydrogen-bond donors (Lipinski definition) is 2. The minimum absolute atomic E-state index is 0.241. The van der Waals surface area contributed by atoms with Gasteiger partial charge in [-0.05, 0) is 42.0 Å². The summed E-state index contributed by atoms with van der Waals surface area (Å²) >= 11 is 1.55. The number of rotatable bonds is 5. The van der Waals surface area contributed by atoms with Crippen LogP contribution in [-0.4, -0.2) is 12.7 Å². The summed E-state index contributed by atoms with van der Waals surface area (Å²) in [4.78, 5) is 13.3. The van der Waals surface area contributed by atoms with E-state index in [4.69, 9.17) is 15.3 Å². The number of carbonyl (C=O) groups is 1. The van der Waals surface area contributed by atoms with Crippen molar-refractivity contribution in [2.75, 3.05) is 6.79 Å². The normalized spacial score (nSPS) is 13.3. The second-order valence-electron chi connectivity index (χ2n) is 4.92. The molecule has 0 aliphatic carbocycles. The molecule has 0 saturated carbocycles. The average molecular weight is 340 g/mol. The molecule has 6 heteroatoms. The van der Waals surface area contributed by atoms with Crippen molar-refractivity contribution in [2.24, 2.45) is 5.84 Å². The van der Waals surface area contributed by atoms with E-state index in [2.05, 4.69) is 5.43 Å². The molecule has 3 N–H and O–H groups in total. The molecule has 122 valence electrons. The molecule has 0 unspecified atom stereocenters. The van der Waals surface area contributed by atoms with Crippen molar-refractivity contribution in [1.29, 1.82) is 0 Å². The first-order chi connectivity index (χ1) is 11.7. The number of nitrogens with one attached hydrogen (secondary N) is 1. The fourth-order valence-electron chi connectivity index (χ4n) is 2.11. The Bertz CT molecular complexity index is 788. The van der Waals surface area contributed by atoms with E-state index in [0.29, 0.717) is 0 Å². The second-order valence-corrected chi connectivity index (χ2v) is 6.06. The second kappa shape index (κ2) is 7.72. The maximum Gasteiger partial charge on any atom is 0.257 e. The highest BCUT2D eigenvalue weighted by atomic mass is 32.2. The first-order valence-electron chi connectivity index (χ1n) is 7.27. The third kappa shape index (κ3) is 4.18. The van der Waals surface area contributed by atoms with E-state index in [9.17, 15) is 4.79 Å². The van der Waals surface area contributed by atoms with Gasteiger partial charge in [-0.15, -0.1) is 0 Å². The Morgan fingerprint density at radius 2 is 1.88 bits per heavy atom. The largest absolute Gasteiger partial charge is 0.454 e. The standard InChI is InChI=1S/C18H16N2O3S/c19-20-18(21)9-7-15(24-14-4-2-1-3-5-14)10-13-6-8-16-17(11-13)23-12-22-16/h1-11H,12,19H2,(H,20,21). The highest BCUT2D eigenvalue weighted by Gasteiger charge is 2.12. The summed E-state index contributed by atoms with van der Waals surface area (Å²) in [5.74, 6) is 6.21. The van der Waals surface area contributed by atoms with E-state index in [1.165, 1.54) is 6.08 Å². The van der Waals surface area contributed by atoms with Gasteiger partial charge in [0.1, 0.15) is 0 Å². The van der Waals surface area contributed by atoms with Crippen molar-refractivity contribution >= 4 is 23.7 Å². The number of thioether (sulfide) groups is 1. The van der Waals surface area contributed by atoms with Gasteiger partial charge >= 0.3 is 0 Å². The van der Waals surface area contributed by atoms with Crippen molar-refractivity contribution in [3.63, 3.8) is 0 Å². The van der Waals surface area contributed by atoms with E-state index < -0.39 is 0 Å². The summed E-state index contributed by atoms with van der Waals surface area (Å²) in [5.41, 5.74) is 3.04. The average Bonchev–Trinajstić information content (AvgIpc) is 3.08. The number of hydrogen-bond acceptors (Lipinski definition) is 5. The fourth-order valence-corrected chi connectivity index (χ4v) is 3.01. The number of allylic oxidation sites excluding steroid dienone is 1. The topological polar surface area (TPSA) is 73.6 Å². The molecule has 5 nitrogen and oxygen atoms in total.